The Morgan fingerprint density at radius 2 is 1.81 bits per heavy atom. The highest BCUT2D eigenvalue weighted by Crippen LogP contribution is 2.33. The van der Waals surface area contributed by atoms with Gasteiger partial charge in [0.05, 0.1) is 23.8 Å². The van der Waals surface area contributed by atoms with Crippen LogP contribution >= 0.6 is 0 Å². The zero-order valence-corrected chi connectivity index (χ0v) is 17.7. The first kappa shape index (κ1) is 23.9. The van der Waals surface area contributed by atoms with E-state index in [1.165, 1.54) is 25.3 Å². The van der Waals surface area contributed by atoms with Crippen molar-refractivity contribution in [2.24, 2.45) is 0 Å². The van der Waals surface area contributed by atoms with Gasteiger partial charge in [-0.1, -0.05) is 26.5 Å². The molecule has 8 heteroatoms. The molecule has 1 heterocycles. The second-order valence-electron chi connectivity index (χ2n) is 6.17. The van der Waals surface area contributed by atoms with E-state index in [1.54, 1.807) is 31.2 Å². The predicted molar refractivity (Wildman–Crippen MR) is 113 cm³/mol. The molecule has 3 rings (SSSR count). The van der Waals surface area contributed by atoms with E-state index in [9.17, 15) is 18.0 Å². The van der Waals surface area contributed by atoms with Crippen molar-refractivity contribution >= 4 is 16.7 Å². The third kappa shape index (κ3) is 5.59. The molecule has 0 spiro atoms. The van der Waals surface area contributed by atoms with Gasteiger partial charge in [-0.15, -0.1) is 13.2 Å². The summed E-state index contributed by atoms with van der Waals surface area (Å²) in [6.45, 7) is 9.46. The Labute approximate surface area is 178 Å². The van der Waals surface area contributed by atoms with Gasteiger partial charge in [0.2, 0.25) is 0 Å². The number of nitrogens with one attached hydrogen (secondary N) is 1. The van der Waals surface area contributed by atoms with Crippen molar-refractivity contribution < 1.29 is 32.2 Å². The predicted octanol–water partition coefficient (Wildman–Crippen LogP) is 6.21. The molecule has 0 bridgehead atoms. The van der Waals surface area contributed by atoms with E-state index in [4.69, 9.17) is 9.47 Å². The number of methoxy groups -OCH3 is 1. The van der Waals surface area contributed by atoms with Gasteiger partial charge < -0.3 is 19.2 Å². The standard InChI is InChI=1S/C21H18F3NO4.C2H6/c1-4-9-28-18-11-13(27-3)5-8-16(18)20(26)19-12(2)25-17-10-14(6-7-15(17)19)29-21(22,23)24;1-2/h4-8,10-11,25H,1,9H2,2-3H3;1-2H3. The van der Waals surface area contributed by atoms with Crippen LogP contribution in [-0.2, 0) is 0 Å². The van der Waals surface area contributed by atoms with Crippen LogP contribution in [0.15, 0.2) is 49.1 Å². The number of carbonyl (C=O) groups is 1. The van der Waals surface area contributed by atoms with Gasteiger partial charge >= 0.3 is 6.36 Å². The normalized spacial score (nSPS) is 10.8. The molecule has 0 aliphatic carbocycles. The molecule has 0 aliphatic rings. The van der Waals surface area contributed by atoms with Gasteiger partial charge in [0, 0.05) is 23.2 Å². The molecule has 0 saturated heterocycles. The highest BCUT2D eigenvalue weighted by atomic mass is 19.4. The fourth-order valence-corrected chi connectivity index (χ4v) is 3.02. The molecule has 0 radical (unpaired) electrons. The minimum absolute atomic E-state index is 0.193. The lowest BCUT2D eigenvalue weighted by molar-refractivity contribution is -0.274. The molecule has 0 fully saturated rings. The summed E-state index contributed by atoms with van der Waals surface area (Å²) in [7, 11) is 1.50. The van der Waals surface area contributed by atoms with Crippen molar-refractivity contribution in [1.29, 1.82) is 0 Å². The first-order valence-corrected chi connectivity index (χ1v) is 9.58. The average molecular weight is 435 g/mol. The maximum absolute atomic E-state index is 13.3. The molecule has 2 aromatic carbocycles. The van der Waals surface area contributed by atoms with Crippen LogP contribution in [0.3, 0.4) is 0 Å². The molecule has 0 atom stereocenters. The molecule has 5 nitrogen and oxygen atoms in total. The number of fused-ring (bicyclic) bond motifs is 1. The lowest BCUT2D eigenvalue weighted by Crippen LogP contribution is -2.17. The number of H-pyrrole nitrogens is 1. The summed E-state index contributed by atoms with van der Waals surface area (Å²) in [6.07, 6.45) is -3.25. The summed E-state index contributed by atoms with van der Waals surface area (Å²) < 4.78 is 52.1. The van der Waals surface area contributed by atoms with E-state index in [2.05, 4.69) is 16.3 Å². The molecule has 0 amide bonds. The summed E-state index contributed by atoms with van der Waals surface area (Å²) in [6, 6.07) is 8.60. The maximum Gasteiger partial charge on any atom is 0.573 e. The van der Waals surface area contributed by atoms with Gasteiger partial charge in [-0.25, -0.2) is 0 Å². The summed E-state index contributed by atoms with van der Waals surface area (Å²) in [4.78, 5) is 16.2. The molecular formula is C23H24F3NO4. The van der Waals surface area contributed by atoms with E-state index >= 15 is 0 Å². The number of hydrogen-bond acceptors (Lipinski definition) is 4. The average Bonchev–Trinajstić information content (AvgIpc) is 3.06. The first-order chi connectivity index (χ1) is 14.7. The van der Waals surface area contributed by atoms with E-state index in [1.807, 2.05) is 13.8 Å². The Kier molecular flexibility index (Phi) is 7.74. The number of ether oxygens (including phenoxy) is 3. The molecule has 0 aliphatic heterocycles. The number of hydrogen-bond donors (Lipinski definition) is 1. The summed E-state index contributed by atoms with van der Waals surface area (Å²) >= 11 is 0. The fourth-order valence-electron chi connectivity index (χ4n) is 3.02. The van der Waals surface area contributed by atoms with E-state index < -0.39 is 6.36 Å². The van der Waals surface area contributed by atoms with Gasteiger partial charge in [0.15, 0.2) is 5.78 Å². The largest absolute Gasteiger partial charge is 0.573 e. The minimum atomic E-state index is -4.80. The number of ketones is 1. The van der Waals surface area contributed by atoms with Crippen molar-refractivity contribution in [3.8, 4) is 17.2 Å². The van der Waals surface area contributed by atoms with Crippen molar-refractivity contribution in [2.75, 3.05) is 13.7 Å². The van der Waals surface area contributed by atoms with Crippen LogP contribution in [0.2, 0.25) is 0 Å². The highest BCUT2D eigenvalue weighted by molar-refractivity contribution is 6.18. The minimum Gasteiger partial charge on any atom is -0.497 e. The van der Waals surface area contributed by atoms with Crippen molar-refractivity contribution in [2.45, 2.75) is 27.1 Å². The Balaban J connectivity index is 0.00000166. The quantitative estimate of drug-likeness (QED) is 0.354. The Hall–Kier alpha value is -3.42. The first-order valence-electron chi connectivity index (χ1n) is 9.58. The zero-order valence-electron chi connectivity index (χ0n) is 17.7. The molecule has 1 aromatic heterocycles. The third-order valence-corrected chi connectivity index (χ3v) is 4.21. The monoisotopic (exact) mass is 435 g/mol. The maximum atomic E-state index is 13.3. The topological polar surface area (TPSA) is 60.5 Å². The number of carbonyl (C=O) groups excluding carboxylic acids is 1. The van der Waals surface area contributed by atoms with Crippen LogP contribution in [0, 0.1) is 6.92 Å². The van der Waals surface area contributed by atoms with Crippen LogP contribution < -0.4 is 14.2 Å². The number of rotatable bonds is 7. The Morgan fingerprint density at radius 3 is 2.42 bits per heavy atom. The molecule has 31 heavy (non-hydrogen) atoms. The van der Waals surface area contributed by atoms with E-state index in [0.29, 0.717) is 39.2 Å². The molecule has 0 saturated carbocycles. The number of aryl methyl sites for hydroxylation is 1. The fraction of sp³-hybridized carbons (Fsp3) is 0.261. The second kappa shape index (κ2) is 10.1. The van der Waals surface area contributed by atoms with Crippen LogP contribution in [0.4, 0.5) is 13.2 Å². The van der Waals surface area contributed by atoms with Gasteiger partial charge in [-0.2, -0.15) is 0 Å². The SMILES string of the molecule is C=CCOc1cc(OC)ccc1C(=O)c1c(C)[nH]c2cc(OC(F)(F)F)ccc12.CC. The lowest BCUT2D eigenvalue weighted by atomic mass is 9.99. The summed E-state index contributed by atoms with van der Waals surface area (Å²) in [5.74, 6) is 0.134. The number of benzene rings is 2. The number of halogens is 3. The van der Waals surface area contributed by atoms with E-state index in [0.717, 1.165) is 0 Å². The Bertz CT molecular complexity index is 1070. The van der Waals surface area contributed by atoms with Gasteiger partial charge in [-0.3, -0.25) is 4.79 Å². The van der Waals surface area contributed by atoms with Crippen LogP contribution in [0.1, 0.15) is 35.5 Å². The number of alkyl halides is 3. The molecule has 0 unspecified atom stereocenters. The van der Waals surface area contributed by atoms with E-state index in [-0.39, 0.29) is 18.1 Å². The van der Waals surface area contributed by atoms with Gasteiger partial charge in [0.1, 0.15) is 23.9 Å². The molecule has 166 valence electrons. The van der Waals surface area contributed by atoms with Gasteiger partial charge in [0.25, 0.3) is 0 Å². The highest BCUT2D eigenvalue weighted by Gasteiger charge is 2.31. The van der Waals surface area contributed by atoms with Gasteiger partial charge in [-0.05, 0) is 31.2 Å². The second-order valence-corrected chi connectivity index (χ2v) is 6.17. The molecule has 1 N–H and O–H groups in total. The smallest absolute Gasteiger partial charge is 0.497 e. The Morgan fingerprint density at radius 1 is 1.13 bits per heavy atom. The van der Waals surface area contributed by atoms with Crippen molar-refractivity contribution in [1.82, 2.24) is 4.98 Å². The number of aromatic amines is 1. The van der Waals surface area contributed by atoms with Crippen LogP contribution in [-0.4, -0.2) is 30.8 Å². The van der Waals surface area contributed by atoms with Crippen molar-refractivity contribution in [3.05, 3.63) is 65.9 Å². The molecule has 3 aromatic rings. The van der Waals surface area contributed by atoms with Crippen LogP contribution in [0.5, 0.6) is 17.2 Å². The zero-order chi connectivity index (χ0) is 23.2. The molecular weight excluding hydrogens is 411 g/mol. The summed E-state index contributed by atoms with van der Waals surface area (Å²) in [5, 5.41) is 0.479. The van der Waals surface area contributed by atoms with Crippen LogP contribution in [0.25, 0.3) is 10.9 Å². The van der Waals surface area contributed by atoms with Crippen molar-refractivity contribution in [3.63, 3.8) is 0 Å². The lowest BCUT2D eigenvalue weighted by Gasteiger charge is -2.12. The summed E-state index contributed by atoms with van der Waals surface area (Å²) in [5.41, 5.74) is 1.51. The third-order valence-electron chi connectivity index (χ3n) is 4.21. The number of aromatic nitrogens is 1.